The van der Waals surface area contributed by atoms with Crippen LogP contribution in [0.2, 0.25) is 0 Å². The van der Waals surface area contributed by atoms with Crippen molar-refractivity contribution in [1.82, 2.24) is 5.32 Å². The lowest BCUT2D eigenvalue weighted by Crippen LogP contribution is -2.43. The van der Waals surface area contributed by atoms with Gasteiger partial charge in [-0.25, -0.2) is 0 Å². The highest BCUT2D eigenvalue weighted by molar-refractivity contribution is 5.85. The zero-order valence-electron chi connectivity index (χ0n) is 12.9. The minimum Gasteiger partial charge on any atom is -0.369 e. The van der Waals surface area contributed by atoms with Gasteiger partial charge in [-0.1, -0.05) is 30.3 Å². The van der Waals surface area contributed by atoms with Gasteiger partial charge in [0.15, 0.2) is 0 Å². The van der Waals surface area contributed by atoms with Gasteiger partial charge in [0, 0.05) is 31.9 Å². The molecule has 1 saturated heterocycles. The Balaban J connectivity index is 0.00000132. The summed E-state index contributed by atoms with van der Waals surface area (Å²) in [5.74, 6) is 0. The van der Waals surface area contributed by atoms with E-state index in [2.05, 4.69) is 40.6 Å². The summed E-state index contributed by atoms with van der Waals surface area (Å²) < 4.78 is 0. The number of anilines is 1. The van der Waals surface area contributed by atoms with Gasteiger partial charge >= 0.3 is 0 Å². The SMILES string of the molecule is Cl.Cl.N#Cc1ccc(Cc2ccccc2N2CCNCC2)cc1. The Labute approximate surface area is 150 Å². The van der Waals surface area contributed by atoms with Crippen LogP contribution in [0, 0.1) is 11.3 Å². The third kappa shape index (κ3) is 4.87. The zero-order valence-corrected chi connectivity index (χ0v) is 14.5. The first-order valence-electron chi connectivity index (χ1n) is 7.39. The molecule has 2 aromatic rings. The minimum absolute atomic E-state index is 0. The molecule has 0 aromatic heterocycles. The molecule has 1 heterocycles. The number of nitrogens with zero attached hydrogens (tertiary/aromatic N) is 2. The van der Waals surface area contributed by atoms with Crippen LogP contribution in [0.5, 0.6) is 0 Å². The van der Waals surface area contributed by atoms with Gasteiger partial charge in [-0.3, -0.25) is 0 Å². The number of benzene rings is 2. The first kappa shape index (κ1) is 19.3. The van der Waals surface area contributed by atoms with Crippen molar-refractivity contribution in [1.29, 1.82) is 5.26 Å². The fourth-order valence-corrected chi connectivity index (χ4v) is 2.79. The van der Waals surface area contributed by atoms with E-state index in [0.717, 1.165) is 32.6 Å². The molecule has 122 valence electrons. The van der Waals surface area contributed by atoms with Crippen LogP contribution in [0.15, 0.2) is 48.5 Å². The Hall–Kier alpha value is -1.73. The van der Waals surface area contributed by atoms with Crippen LogP contribution in [0.25, 0.3) is 0 Å². The molecule has 0 atom stereocenters. The number of halogens is 2. The molecule has 3 rings (SSSR count). The Kier molecular flexibility index (Phi) is 7.91. The van der Waals surface area contributed by atoms with Crippen molar-refractivity contribution in [3.05, 3.63) is 65.2 Å². The maximum atomic E-state index is 8.87. The van der Waals surface area contributed by atoms with Crippen molar-refractivity contribution in [2.24, 2.45) is 0 Å². The maximum Gasteiger partial charge on any atom is 0.0991 e. The predicted molar refractivity (Wildman–Crippen MR) is 100.0 cm³/mol. The van der Waals surface area contributed by atoms with E-state index in [9.17, 15) is 0 Å². The summed E-state index contributed by atoms with van der Waals surface area (Å²) >= 11 is 0. The molecule has 3 nitrogen and oxygen atoms in total. The molecule has 1 N–H and O–H groups in total. The summed E-state index contributed by atoms with van der Waals surface area (Å²) in [5.41, 5.74) is 4.65. The van der Waals surface area contributed by atoms with Gasteiger partial charge in [0.25, 0.3) is 0 Å². The third-order valence-corrected chi connectivity index (χ3v) is 3.93. The molecule has 0 aliphatic carbocycles. The zero-order chi connectivity index (χ0) is 14.5. The predicted octanol–water partition coefficient (Wildman–Crippen LogP) is 3.40. The van der Waals surface area contributed by atoms with Crippen molar-refractivity contribution in [3.8, 4) is 6.07 Å². The lowest BCUT2D eigenvalue weighted by molar-refractivity contribution is 0.588. The van der Waals surface area contributed by atoms with Gasteiger partial charge in [0.1, 0.15) is 0 Å². The lowest BCUT2D eigenvalue weighted by Gasteiger charge is -2.31. The van der Waals surface area contributed by atoms with Crippen molar-refractivity contribution in [2.75, 3.05) is 31.1 Å². The molecule has 0 saturated carbocycles. The van der Waals surface area contributed by atoms with E-state index in [4.69, 9.17) is 5.26 Å². The number of hydrogen-bond donors (Lipinski definition) is 1. The Morgan fingerprint density at radius 1 is 0.957 bits per heavy atom. The minimum atomic E-state index is 0. The molecule has 1 aliphatic heterocycles. The van der Waals surface area contributed by atoms with Gasteiger partial charge in [0.2, 0.25) is 0 Å². The van der Waals surface area contributed by atoms with E-state index in [1.807, 2.05) is 24.3 Å². The molecular formula is C18H21Cl2N3. The summed E-state index contributed by atoms with van der Waals surface area (Å²) in [5, 5.41) is 12.3. The lowest BCUT2D eigenvalue weighted by atomic mass is 10.0. The normalized spacial score (nSPS) is 13.4. The smallest absolute Gasteiger partial charge is 0.0991 e. The molecule has 1 aliphatic rings. The highest BCUT2D eigenvalue weighted by atomic mass is 35.5. The van der Waals surface area contributed by atoms with Crippen LogP contribution in [0.3, 0.4) is 0 Å². The molecule has 23 heavy (non-hydrogen) atoms. The van der Waals surface area contributed by atoms with Crippen LogP contribution in [0.4, 0.5) is 5.69 Å². The standard InChI is InChI=1S/C18H19N3.2ClH/c19-14-16-7-5-15(6-8-16)13-17-3-1-2-4-18(17)21-11-9-20-10-12-21;;/h1-8,20H,9-13H2;2*1H. The number of piperazine rings is 1. The molecule has 0 radical (unpaired) electrons. The van der Waals surface area contributed by atoms with E-state index in [-0.39, 0.29) is 24.8 Å². The second-order valence-electron chi connectivity index (χ2n) is 5.35. The van der Waals surface area contributed by atoms with Crippen LogP contribution in [-0.2, 0) is 6.42 Å². The summed E-state index contributed by atoms with van der Waals surface area (Å²) in [4.78, 5) is 2.45. The Bertz CT molecular complexity index is 644. The van der Waals surface area contributed by atoms with Gasteiger partial charge in [-0.2, -0.15) is 5.26 Å². The van der Waals surface area contributed by atoms with Crippen LogP contribution in [-0.4, -0.2) is 26.2 Å². The average Bonchev–Trinajstić information content (AvgIpc) is 2.57. The van der Waals surface area contributed by atoms with E-state index < -0.39 is 0 Å². The topological polar surface area (TPSA) is 39.1 Å². The highest BCUT2D eigenvalue weighted by Gasteiger charge is 2.13. The molecule has 0 amide bonds. The van der Waals surface area contributed by atoms with Crippen molar-refractivity contribution < 1.29 is 0 Å². The van der Waals surface area contributed by atoms with Crippen LogP contribution < -0.4 is 10.2 Å². The van der Waals surface area contributed by atoms with Crippen molar-refractivity contribution in [3.63, 3.8) is 0 Å². The average molecular weight is 350 g/mol. The van der Waals surface area contributed by atoms with E-state index in [0.29, 0.717) is 5.56 Å². The number of hydrogen-bond acceptors (Lipinski definition) is 3. The first-order valence-corrected chi connectivity index (χ1v) is 7.39. The fourth-order valence-electron chi connectivity index (χ4n) is 2.79. The molecule has 2 aromatic carbocycles. The summed E-state index contributed by atoms with van der Waals surface area (Å²) in [6.45, 7) is 4.21. The second kappa shape index (κ2) is 9.42. The summed E-state index contributed by atoms with van der Waals surface area (Å²) in [6, 6.07) is 18.7. The summed E-state index contributed by atoms with van der Waals surface area (Å²) in [7, 11) is 0. The van der Waals surface area contributed by atoms with E-state index in [1.54, 1.807) is 0 Å². The molecule has 0 unspecified atom stereocenters. The molecule has 1 fully saturated rings. The second-order valence-corrected chi connectivity index (χ2v) is 5.35. The van der Waals surface area contributed by atoms with Gasteiger partial charge in [-0.15, -0.1) is 24.8 Å². The first-order chi connectivity index (χ1) is 10.4. The molecule has 0 bridgehead atoms. The van der Waals surface area contributed by atoms with Crippen LogP contribution >= 0.6 is 24.8 Å². The van der Waals surface area contributed by atoms with Gasteiger partial charge < -0.3 is 10.2 Å². The van der Waals surface area contributed by atoms with Crippen molar-refractivity contribution in [2.45, 2.75) is 6.42 Å². The van der Waals surface area contributed by atoms with Gasteiger partial charge in [0.05, 0.1) is 11.6 Å². The highest BCUT2D eigenvalue weighted by Crippen LogP contribution is 2.23. The summed E-state index contributed by atoms with van der Waals surface area (Å²) in [6.07, 6.45) is 0.909. The molecular weight excluding hydrogens is 329 g/mol. The Morgan fingerprint density at radius 3 is 2.26 bits per heavy atom. The van der Waals surface area contributed by atoms with Crippen molar-refractivity contribution >= 4 is 30.5 Å². The third-order valence-electron chi connectivity index (χ3n) is 3.93. The monoisotopic (exact) mass is 349 g/mol. The fraction of sp³-hybridized carbons (Fsp3) is 0.278. The largest absolute Gasteiger partial charge is 0.369 e. The quantitative estimate of drug-likeness (QED) is 0.922. The molecule has 5 heteroatoms. The van der Waals surface area contributed by atoms with Crippen LogP contribution in [0.1, 0.15) is 16.7 Å². The number of nitriles is 1. The number of para-hydroxylation sites is 1. The number of rotatable bonds is 3. The molecule has 0 spiro atoms. The van der Waals surface area contributed by atoms with Gasteiger partial charge in [-0.05, 0) is 35.7 Å². The Morgan fingerprint density at radius 2 is 1.61 bits per heavy atom. The van der Waals surface area contributed by atoms with E-state index >= 15 is 0 Å². The van der Waals surface area contributed by atoms with E-state index in [1.165, 1.54) is 16.8 Å². The maximum absolute atomic E-state index is 8.87. The number of nitrogens with one attached hydrogen (secondary N) is 1.